The highest BCUT2D eigenvalue weighted by atomic mass is 32.1. The largest absolute Gasteiger partial charge is 0.341 e. The zero-order valence-corrected chi connectivity index (χ0v) is 15.5. The second-order valence-electron chi connectivity index (χ2n) is 6.63. The summed E-state index contributed by atoms with van der Waals surface area (Å²) >= 11 is 1.56. The fraction of sp³-hybridized carbons (Fsp3) is 0.611. The van der Waals surface area contributed by atoms with Crippen LogP contribution < -0.4 is 5.56 Å². The quantitative estimate of drug-likeness (QED) is 0.854. The Morgan fingerprint density at radius 1 is 1.38 bits per heavy atom. The lowest BCUT2D eigenvalue weighted by molar-refractivity contribution is -0.133. The van der Waals surface area contributed by atoms with Gasteiger partial charge in [-0.05, 0) is 32.3 Å². The molecule has 0 saturated heterocycles. The molecule has 0 aromatic carbocycles. The number of amides is 1. The molecule has 24 heavy (non-hydrogen) atoms. The average molecular weight is 347 g/mol. The first-order valence-corrected chi connectivity index (χ1v) is 9.58. The maximum Gasteiger partial charge on any atom is 0.262 e. The Morgan fingerprint density at radius 2 is 2.08 bits per heavy atom. The molecule has 3 rings (SSSR count). The Balaban J connectivity index is 1.86. The molecule has 0 radical (unpaired) electrons. The Kier molecular flexibility index (Phi) is 5.04. The summed E-state index contributed by atoms with van der Waals surface area (Å²) in [7, 11) is 1.87. The van der Waals surface area contributed by atoms with Crippen molar-refractivity contribution in [2.75, 3.05) is 7.05 Å². The first-order valence-electron chi connectivity index (χ1n) is 8.76. The highest BCUT2D eigenvalue weighted by Crippen LogP contribution is 2.23. The molecule has 1 aliphatic carbocycles. The van der Waals surface area contributed by atoms with Gasteiger partial charge >= 0.3 is 0 Å². The number of aromatic nitrogens is 2. The van der Waals surface area contributed by atoms with E-state index in [4.69, 9.17) is 0 Å². The third-order valence-corrected chi connectivity index (χ3v) is 6.22. The molecule has 0 spiro atoms. The zero-order chi connectivity index (χ0) is 17.3. The van der Waals surface area contributed by atoms with Gasteiger partial charge in [-0.1, -0.05) is 26.2 Å². The van der Waals surface area contributed by atoms with E-state index in [0.717, 1.165) is 29.0 Å². The summed E-state index contributed by atoms with van der Waals surface area (Å²) in [5.74, 6) is 0.613. The minimum Gasteiger partial charge on any atom is -0.341 e. The van der Waals surface area contributed by atoms with Crippen LogP contribution in [0.4, 0.5) is 0 Å². The van der Waals surface area contributed by atoms with Crippen molar-refractivity contribution in [2.45, 2.75) is 65.0 Å². The molecule has 6 heteroatoms. The minimum absolute atomic E-state index is 0.000746. The van der Waals surface area contributed by atoms with Crippen molar-refractivity contribution in [2.24, 2.45) is 0 Å². The Hall–Kier alpha value is -1.69. The zero-order valence-electron chi connectivity index (χ0n) is 14.7. The van der Waals surface area contributed by atoms with Crippen molar-refractivity contribution in [1.82, 2.24) is 14.5 Å². The Labute approximate surface area is 146 Å². The molecule has 0 unspecified atom stereocenters. The maximum absolute atomic E-state index is 12.8. The number of hydrogen-bond donors (Lipinski definition) is 0. The number of likely N-dealkylation sites (N-methyl/N-ethyl adjacent to an activating group) is 1. The molecule has 0 N–H and O–H groups in total. The van der Waals surface area contributed by atoms with Crippen molar-refractivity contribution in [3.63, 3.8) is 0 Å². The van der Waals surface area contributed by atoms with Gasteiger partial charge in [0.15, 0.2) is 0 Å². The molecule has 1 saturated carbocycles. The molecule has 1 aliphatic rings. The molecule has 1 amide bonds. The van der Waals surface area contributed by atoms with Crippen molar-refractivity contribution >= 4 is 27.5 Å². The van der Waals surface area contributed by atoms with E-state index in [0.29, 0.717) is 17.3 Å². The highest BCUT2D eigenvalue weighted by Gasteiger charge is 2.23. The van der Waals surface area contributed by atoms with Crippen LogP contribution in [0.5, 0.6) is 0 Å². The minimum atomic E-state index is -0.0983. The maximum atomic E-state index is 12.8. The summed E-state index contributed by atoms with van der Waals surface area (Å²) in [4.78, 5) is 33.7. The summed E-state index contributed by atoms with van der Waals surface area (Å²) < 4.78 is 1.52. The second-order valence-corrected chi connectivity index (χ2v) is 7.75. The summed E-state index contributed by atoms with van der Waals surface area (Å²) in [6.07, 6.45) is 6.65. The molecule has 0 bridgehead atoms. The van der Waals surface area contributed by atoms with Crippen LogP contribution in [-0.2, 0) is 17.8 Å². The third kappa shape index (κ3) is 3.24. The number of carbonyl (C=O) groups is 1. The predicted octanol–water partition coefficient (Wildman–Crippen LogP) is 3.12. The summed E-state index contributed by atoms with van der Waals surface area (Å²) in [6.45, 7) is 3.96. The molecule has 0 atom stereocenters. The number of thiophene rings is 1. The average Bonchev–Trinajstić information content (AvgIpc) is 3.01. The number of hydrogen-bond acceptors (Lipinski definition) is 4. The van der Waals surface area contributed by atoms with Crippen LogP contribution in [0.15, 0.2) is 10.9 Å². The topological polar surface area (TPSA) is 55.2 Å². The second kappa shape index (κ2) is 7.05. The van der Waals surface area contributed by atoms with E-state index in [1.807, 2.05) is 18.0 Å². The Morgan fingerprint density at radius 3 is 2.75 bits per heavy atom. The molecule has 1 fully saturated rings. The Bertz CT molecular complexity index is 802. The van der Waals surface area contributed by atoms with Gasteiger partial charge < -0.3 is 4.90 Å². The number of aryl methyl sites for hydroxylation is 2. The lowest BCUT2D eigenvalue weighted by atomic mass is 9.94. The number of nitrogens with zero attached hydrogens (tertiary/aromatic N) is 3. The van der Waals surface area contributed by atoms with Crippen LogP contribution >= 0.6 is 11.3 Å². The number of fused-ring (bicyclic) bond motifs is 1. The first-order chi connectivity index (χ1) is 11.5. The van der Waals surface area contributed by atoms with Gasteiger partial charge in [0.25, 0.3) is 5.56 Å². The van der Waals surface area contributed by atoms with Gasteiger partial charge in [0.05, 0.1) is 5.39 Å². The highest BCUT2D eigenvalue weighted by molar-refractivity contribution is 7.18. The number of rotatable bonds is 4. The van der Waals surface area contributed by atoms with E-state index >= 15 is 0 Å². The van der Waals surface area contributed by atoms with Crippen LogP contribution in [0.25, 0.3) is 10.2 Å². The SMILES string of the molecule is CCc1cc2c(=O)n(CC(=O)N(C)C3CCCCC3)c(C)nc2s1. The smallest absolute Gasteiger partial charge is 0.262 e. The fourth-order valence-electron chi connectivity index (χ4n) is 3.45. The first kappa shape index (κ1) is 17.1. The molecule has 2 aromatic heterocycles. The summed E-state index contributed by atoms with van der Waals surface area (Å²) in [5.41, 5.74) is -0.0983. The molecule has 2 heterocycles. The van der Waals surface area contributed by atoms with Crippen LogP contribution in [0.2, 0.25) is 0 Å². The molecule has 130 valence electrons. The summed E-state index contributed by atoms with van der Waals surface area (Å²) in [6, 6.07) is 2.23. The van der Waals surface area contributed by atoms with Gasteiger partial charge in [-0.3, -0.25) is 14.2 Å². The van der Waals surface area contributed by atoms with Crippen LogP contribution in [0, 0.1) is 6.92 Å². The number of carbonyl (C=O) groups excluding carboxylic acids is 1. The van der Waals surface area contributed by atoms with Crippen molar-refractivity contribution in [3.05, 3.63) is 27.1 Å². The molecular weight excluding hydrogens is 322 g/mol. The van der Waals surface area contributed by atoms with Crippen molar-refractivity contribution in [3.8, 4) is 0 Å². The van der Waals surface area contributed by atoms with Gasteiger partial charge in [-0.2, -0.15) is 0 Å². The van der Waals surface area contributed by atoms with E-state index in [2.05, 4.69) is 11.9 Å². The van der Waals surface area contributed by atoms with Gasteiger partial charge in [-0.15, -0.1) is 11.3 Å². The summed E-state index contributed by atoms with van der Waals surface area (Å²) in [5, 5.41) is 0.635. The van der Waals surface area contributed by atoms with E-state index < -0.39 is 0 Å². The van der Waals surface area contributed by atoms with Crippen molar-refractivity contribution < 1.29 is 4.79 Å². The van der Waals surface area contributed by atoms with Gasteiger partial charge in [-0.25, -0.2) is 4.98 Å². The van der Waals surface area contributed by atoms with E-state index in [-0.39, 0.29) is 18.0 Å². The van der Waals surface area contributed by atoms with Gasteiger partial charge in [0.1, 0.15) is 17.2 Å². The molecule has 5 nitrogen and oxygen atoms in total. The van der Waals surface area contributed by atoms with Gasteiger partial charge in [0.2, 0.25) is 5.91 Å². The standard InChI is InChI=1S/C18H25N3O2S/c1-4-14-10-15-17(24-14)19-12(2)21(18(15)23)11-16(22)20(3)13-8-6-5-7-9-13/h10,13H,4-9,11H2,1-3H3. The molecule has 2 aromatic rings. The van der Waals surface area contributed by atoms with Crippen LogP contribution in [0.3, 0.4) is 0 Å². The monoisotopic (exact) mass is 347 g/mol. The molecular formula is C18H25N3O2S. The van der Waals surface area contributed by atoms with E-state index in [1.165, 1.54) is 23.8 Å². The lowest BCUT2D eigenvalue weighted by Crippen LogP contribution is -2.42. The van der Waals surface area contributed by atoms with Crippen LogP contribution in [0.1, 0.15) is 49.7 Å². The fourth-order valence-corrected chi connectivity index (χ4v) is 4.45. The van der Waals surface area contributed by atoms with E-state index in [9.17, 15) is 9.59 Å². The molecule has 0 aliphatic heterocycles. The van der Waals surface area contributed by atoms with Crippen LogP contribution in [-0.4, -0.2) is 33.4 Å². The van der Waals surface area contributed by atoms with E-state index in [1.54, 1.807) is 18.3 Å². The lowest BCUT2D eigenvalue weighted by Gasteiger charge is -2.31. The normalized spacial score (nSPS) is 15.8. The third-order valence-electron chi connectivity index (χ3n) is 5.05. The van der Waals surface area contributed by atoms with Crippen molar-refractivity contribution in [1.29, 1.82) is 0 Å². The predicted molar refractivity (Wildman–Crippen MR) is 97.6 cm³/mol. The van der Waals surface area contributed by atoms with Gasteiger partial charge in [0, 0.05) is 18.0 Å².